The van der Waals surface area contributed by atoms with Crippen LogP contribution in [0.4, 0.5) is 23.2 Å². The summed E-state index contributed by atoms with van der Waals surface area (Å²) in [4.78, 5) is 30.5. The van der Waals surface area contributed by atoms with E-state index in [9.17, 15) is 27.2 Å². The van der Waals surface area contributed by atoms with E-state index in [4.69, 9.17) is 10.2 Å². The summed E-state index contributed by atoms with van der Waals surface area (Å²) < 4.78 is 61.6. The number of nitrogens with one attached hydrogen (secondary N) is 1. The Kier molecular flexibility index (Phi) is 7.29. The van der Waals surface area contributed by atoms with Gasteiger partial charge in [-0.05, 0) is 61.0 Å². The summed E-state index contributed by atoms with van der Waals surface area (Å²) in [5.74, 6) is -0.708. The number of furan rings is 1. The van der Waals surface area contributed by atoms with Crippen LogP contribution in [-0.2, 0) is 17.5 Å². The molecule has 1 aliphatic heterocycles. The molecule has 0 unspecified atom stereocenters. The van der Waals surface area contributed by atoms with E-state index < -0.39 is 23.3 Å². The van der Waals surface area contributed by atoms with Crippen molar-refractivity contribution in [2.24, 2.45) is 0 Å². The summed E-state index contributed by atoms with van der Waals surface area (Å²) in [6.07, 6.45) is -0.332. The maximum absolute atomic E-state index is 14.1. The van der Waals surface area contributed by atoms with Gasteiger partial charge in [-0.25, -0.2) is 4.39 Å². The summed E-state index contributed by atoms with van der Waals surface area (Å²) in [6, 6.07) is 13.6. The Morgan fingerprint density at radius 1 is 1.15 bits per heavy atom. The Hall–Kier alpha value is -4.67. The molecule has 1 atom stereocenters. The molecule has 1 aliphatic rings. The zero-order chi connectivity index (χ0) is 29.4. The van der Waals surface area contributed by atoms with E-state index in [2.05, 4.69) is 10.3 Å². The molecule has 0 aliphatic carbocycles. The van der Waals surface area contributed by atoms with Crippen molar-refractivity contribution in [2.75, 3.05) is 18.8 Å². The third-order valence-electron chi connectivity index (χ3n) is 6.79. The number of nitrogens with two attached hydrogens (primary N) is 1. The molecular weight excluding hydrogens is 540 g/mol. The normalized spacial score (nSPS) is 17.4. The van der Waals surface area contributed by atoms with Gasteiger partial charge < -0.3 is 20.4 Å². The molecule has 3 N–H and O–H groups in total. The number of alkyl halides is 4. The van der Waals surface area contributed by atoms with Crippen molar-refractivity contribution >= 4 is 34.5 Å². The first kappa shape index (κ1) is 27.9. The van der Waals surface area contributed by atoms with Crippen molar-refractivity contribution in [1.82, 2.24) is 15.2 Å². The van der Waals surface area contributed by atoms with Gasteiger partial charge in [0.15, 0.2) is 0 Å². The van der Waals surface area contributed by atoms with E-state index in [0.29, 0.717) is 5.69 Å². The Morgan fingerprint density at radius 3 is 2.54 bits per heavy atom. The number of carbonyl (C=O) groups is 2. The number of benzene rings is 2. The van der Waals surface area contributed by atoms with Crippen molar-refractivity contribution in [2.45, 2.75) is 31.7 Å². The first-order valence-electron chi connectivity index (χ1n) is 12.8. The smallest absolute Gasteiger partial charge is 0.420 e. The lowest BCUT2D eigenvalue weighted by Crippen LogP contribution is -2.31. The molecule has 11 heteroatoms. The predicted molar refractivity (Wildman–Crippen MR) is 146 cm³/mol. The van der Waals surface area contributed by atoms with Gasteiger partial charge in [0.05, 0.1) is 29.9 Å². The molecule has 41 heavy (non-hydrogen) atoms. The van der Waals surface area contributed by atoms with E-state index in [1.54, 1.807) is 30.3 Å². The van der Waals surface area contributed by atoms with Crippen LogP contribution in [0.1, 0.15) is 40.6 Å². The predicted octanol–water partition coefficient (Wildman–Crippen LogP) is 6.00. The maximum Gasteiger partial charge on any atom is 0.420 e. The number of hydrogen-bond donors (Lipinski definition) is 2. The molecule has 0 radical (unpaired) electrons. The molecule has 2 aromatic carbocycles. The quantitative estimate of drug-likeness (QED) is 0.169. The van der Waals surface area contributed by atoms with E-state index in [1.165, 1.54) is 48.4 Å². The van der Waals surface area contributed by atoms with Gasteiger partial charge in [-0.2, -0.15) is 13.2 Å². The highest BCUT2D eigenvalue weighted by Crippen LogP contribution is 2.39. The van der Waals surface area contributed by atoms with Gasteiger partial charge in [-0.3, -0.25) is 14.6 Å². The van der Waals surface area contributed by atoms with Crippen LogP contribution in [0.25, 0.3) is 28.3 Å². The van der Waals surface area contributed by atoms with Crippen LogP contribution >= 0.6 is 0 Å². The fourth-order valence-corrected chi connectivity index (χ4v) is 4.64. The maximum atomic E-state index is 14.1. The number of amides is 2. The van der Waals surface area contributed by atoms with Gasteiger partial charge in [0.1, 0.15) is 17.0 Å². The second kappa shape index (κ2) is 10.7. The van der Waals surface area contributed by atoms with E-state index >= 15 is 0 Å². The molecule has 0 spiro atoms. The van der Waals surface area contributed by atoms with Crippen LogP contribution in [0, 0.1) is 0 Å². The summed E-state index contributed by atoms with van der Waals surface area (Å²) in [7, 11) is 0. The second-order valence-corrected chi connectivity index (χ2v) is 10.2. The number of nitrogens with zero attached hydrogens (tertiary/aromatic N) is 2. The molecule has 1 fully saturated rings. The SMILES string of the molecule is C[C@@]1(F)CCN(C(=O)c2ccc(-c3cc(C(F)(F)F)c4oc(CNC(=O)/C=C\c5ccc(N)cc5)cc4c3)nc2)C1. The number of pyridine rings is 1. The highest BCUT2D eigenvalue weighted by Gasteiger charge is 2.37. The number of rotatable bonds is 6. The van der Waals surface area contributed by atoms with Crippen molar-refractivity contribution in [3.8, 4) is 11.3 Å². The van der Waals surface area contributed by atoms with Gasteiger partial charge in [0.25, 0.3) is 5.91 Å². The van der Waals surface area contributed by atoms with Crippen LogP contribution in [-0.4, -0.2) is 40.5 Å². The molecule has 7 nitrogen and oxygen atoms in total. The number of hydrogen-bond acceptors (Lipinski definition) is 5. The summed E-state index contributed by atoms with van der Waals surface area (Å²) in [5.41, 5.74) is 4.78. The summed E-state index contributed by atoms with van der Waals surface area (Å²) in [6.45, 7) is 1.56. The fourth-order valence-electron chi connectivity index (χ4n) is 4.64. The zero-order valence-electron chi connectivity index (χ0n) is 22.0. The average Bonchev–Trinajstić information content (AvgIpc) is 3.52. The Bertz CT molecular complexity index is 1620. The van der Waals surface area contributed by atoms with Crippen LogP contribution in [0.5, 0.6) is 0 Å². The number of halogens is 4. The van der Waals surface area contributed by atoms with Crippen molar-refractivity contribution < 1.29 is 31.6 Å². The summed E-state index contributed by atoms with van der Waals surface area (Å²) >= 11 is 0. The lowest BCUT2D eigenvalue weighted by Gasteiger charge is -2.17. The van der Waals surface area contributed by atoms with E-state index in [-0.39, 0.29) is 65.5 Å². The molecule has 1 saturated heterocycles. The molecule has 0 saturated carbocycles. The highest BCUT2D eigenvalue weighted by atomic mass is 19.4. The number of nitrogen functional groups attached to an aromatic ring is 1. The minimum Gasteiger partial charge on any atom is -0.459 e. The van der Waals surface area contributed by atoms with E-state index in [1.807, 2.05) is 0 Å². The minimum absolute atomic E-state index is 0.0264. The number of anilines is 1. The van der Waals surface area contributed by atoms with Crippen LogP contribution in [0.3, 0.4) is 0 Å². The van der Waals surface area contributed by atoms with Gasteiger partial charge >= 0.3 is 6.18 Å². The van der Waals surface area contributed by atoms with Gasteiger partial charge in [-0.15, -0.1) is 0 Å². The van der Waals surface area contributed by atoms with Crippen LogP contribution in [0.2, 0.25) is 0 Å². The molecular formula is C30H26F4N4O3. The minimum atomic E-state index is -4.72. The van der Waals surface area contributed by atoms with Crippen LogP contribution in [0.15, 0.2) is 71.3 Å². The molecule has 5 rings (SSSR count). The number of likely N-dealkylation sites (tertiary alicyclic amines) is 1. The second-order valence-electron chi connectivity index (χ2n) is 10.2. The number of fused-ring (bicyclic) bond motifs is 1. The van der Waals surface area contributed by atoms with Gasteiger partial charge in [0.2, 0.25) is 5.91 Å². The van der Waals surface area contributed by atoms with Gasteiger partial charge in [-0.1, -0.05) is 12.1 Å². The molecule has 2 amide bonds. The number of aromatic nitrogens is 1. The third-order valence-corrected chi connectivity index (χ3v) is 6.79. The molecule has 212 valence electrons. The first-order chi connectivity index (χ1) is 19.4. The standard InChI is InChI=1S/C30H26F4N4O3/c1-29(31)10-11-38(17-29)28(40)19-5-8-25(36-15-19)20-12-21-13-23(41-27(21)24(14-20)30(32,33)34)16-37-26(39)9-4-18-2-6-22(35)7-3-18/h2-9,12-15H,10-11,16-17,35H2,1H3,(H,37,39)/b9-4-/t29-/m1/s1. The Balaban J connectivity index is 1.34. The molecule has 2 aromatic heterocycles. The molecule has 3 heterocycles. The summed E-state index contributed by atoms with van der Waals surface area (Å²) in [5, 5.41) is 2.77. The van der Waals surface area contributed by atoms with Crippen molar-refractivity contribution in [3.05, 3.63) is 89.3 Å². The fraction of sp³-hybridized carbons (Fsp3) is 0.233. The van der Waals surface area contributed by atoms with Crippen molar-refractivity contribution in [3.63, 3.8) is 0 Å². The molecule has 4 aromatic rings. The topological polar surface area (TPSA) is 101 Å². The zero-order valence-corrected chi connectivity index (χ0v) is 22.0. The Morgan fingerprint density at radius 2 is 1.90 bits per heavy atom. The van der Waals surface area contributed by atoms with E-state index in [0.717, 1.165) is 11.6 Å². The Labute approximate surface area is 232 Å². The third kappa shape index (κ3) is 6.40. The molecule has 0 bridgehead atoms. The lowest BCUT2D eigenvalue weighted by molar-refractivity contribution is -0.136. The first-order valence-corrected chi connectivity index (χ1v) is 12.8. The average molecular weight is 567 g/mol. The largest absolute Gasteiger partial charge is 0.459 e. The number of carbonyl (C=O) groups excluding carboxylic acids is 2. The highest BCUT2D eigenvalue weighted by molar-refractivity contribution is 5.95. The van der Waals surface area contributed by atoms with Gasteiger partial charge in [0, 0.05) is 41.9 Å². The monoisotopic (exact) mass is 566 g/mol. The van der Waals surface area contributed by atoms with Crippen molar-refractivity contribution in [1.29, 1.82) is 0 Å². The lowest BCUT2D eigenvalue weighted by atomic mass is 10.0. The van der Waals surface area contributed by atoms with Crippen LogP contribution < -0.4 is 11.1 Å².